The third-order valence-corrected chi connectivity index (χ3v) is 1.05. The summed E-state index contributed by atoms with van der Waals surface area (Å²) in [5.74, 6) is 0. The predicted molar refractivity (Wildman–Crippen MR) is 32.5 cm³/mol. The van der Waals surface area contributed by atoms with E-state index in [2.05, 4.69) is 6.58 Å². The van der Waals surface area contributed by atoms with E-state index in [9.17, 15) is 0 Å². The van der Waals surface area contributed by atoms with E-state index in [0.717, 1.165) is 0 Å². The van der Waals surface area contributed by atoms with Crippen LogP contribution in [-0.4, -0.2) is 22.4 Å². The van der Waals surface area contributed by atoms with Gasteiger partial charge in [-0.15, -0.1) is 6.58 Å². The SMILES string of the molecule is C=C[C@H](O)[C@@H](O)CC. The molecular weight excluding hydrogens is 104 g/mol. The average Bonchev–Trinajstić information content (AvgIpc) is 1.84. The Morgan fingerprint density at radius 1 is 1.62 bits per heavy atom. The zero-order valence-electron chi connectivity index (χ0n) is 5.04. The topological polar surface area (TPSA) is 40.5 Å². The molecule has 0 aromatic rings. The Hall–Kier alpha value is -0.340. The zero-order valence-corrected chi connectivity index (χ0v) is 5.04. The lowest BCUT2D eigenvalue weighted by Crippen LogP contribution is -2.21. The minimum atomic E-state index is -0.764. The molecule has 0 heterocycles. The van der Waals surface area contributed by atoms with Crippen molar-refractivity contribution in [2.75, 3.05) is 0 Å². The van der Waals surface area contributed by atoms with Crippen LogP contribution in [0.1, 0.15) is 13.3 Å². The zero-order chi connectivity index (χ0) is 6.57. The summed E-state index contributed by atoms with van der Waals surface area (Å²) in [6, 6.07) is 0. The molecule has 0 saturated carbocycles. The molecule has 48 valence electrons. The summed E-state index contributed by atoms with van der Waals surface area (Å²) in [6.45, 7) is 5.12. The molecule has 2 atom stereocenters. The molecule has 0 rings (SSSR count). The van der Waals surface area contributed by atoms with Crippen LogP contribution in [0.3, 0.4) is 0 Å². The molecule has 0 fully saturated rings. The normalized spacial score (nSPS) is 17.4. The van der Waals surface area contributed by atoms with Crippen molar-refractivity contribution in [2.24, 2.45) is 0 Å². The van der Waals surface area contributed by atoms with Crippen LogP contribution in [0.2, 0.25) is 0 Å². The maximum absolute atomic E-state index is 8.81. The first-order chi connectivity index (χ1) is 3.72. The molecule has 0 amide bonds. The monoisotopic (exact) mass is 116 g/mol. The van der Waals surface area contributed by atoms with Crippen molar-refractivity contribution in [1.29, 1.82) is 0 Å². The van der Waals surface area contributed by atoms with Crippen LogP contribution < -0.4 is 0 Å². The number of hydrogen-bond donors (Lipinski definition) is 2. The van der Waals surface area contributed by atoms with Gasteiger partial charge < -0.3 is 10.2 Å². The fourth-order valence-corrected chi connectivity index (χ4v) is 0.399. The molecule has 0 saturated heterocycles. The molecule has 0 aliphatic carbocycles. The summed E-state index contributed by atoms with van der Waals surface area (Å²) in [6.07, 6.45) is 0.481. The van der Waals surface area contributed by atoms with Gasteiger partial charge in [-0.3, -0.25) is 0 Å². The molecule has 0 bridgehead atoms. The Morgan fingerprint density at radius 2 is 2.12 bits per heavy atom. The van der Waals surface area contributed by atoms with Crippen LogP contribution in [0.4, 0.5) is 0 Å². The summed E-state index contributed by atoms with van der Waals surface area (Å²) in [5, 5.41) is 17.6. The summed E-state index contributed by atoms with van der Waals surface area (Å²) in [5.41, 5.74) is 0. The predicted octanol–water partition coefficient (Wildman–Crippen LogP) is 0.304. The van der Waals surface area contributed by atoms with E-state index < -0.39 is 12.2 Å². The van der Waals surface area contributed by atoms with Crippen molar-refractivity contribution >= 4 is 0 Å². The van der Waals surface area contributed by atoms with Crippen LogP contribution >= 0.6 is 0 Å². The third-order valence-electron chi connectivity index (χ3n) is 1.05. The second-order valence-corrected chi connectivity index (χ2v) is 1.70. The molecule has 2 N–H and O–H groups in total. The van der Waals surface area contributed by atoms with Crippen LogP contribution in [-0.2, 0) is 0 Å². The number of aliphatic hydroxyl groups excluding tert-OH is 2. The van der Waals surface area contributed by atoms with Crippen molar-refractivity contribution < 1.29 is 10.2 Å². The minimum Gasteiger partial charge on any atom is -0.390 e. The highest BCUT2D eigenvalue weighted by Crippen LogP contribution is 1.97. The van der Waals surface area contributed by atoms with Crippen LogP contribution in [0.25, 0.3) is 0 Å². The first-order valence-corrected chi connectivity index (χ1v) is 2.71. The third kappa shape index (κ3) is 2.09. The standard InChI is InChI=1S/C6H12O2/c1-3-5(7)6(8)4-2/h3,5-8H,1,4H2,2H3/t5-,6-/m0/s1. The van der Waals surface area contributed by atoms with E-state index in [-0.39, 0.29) is 0 Å². The van der Waals surface area contributed by atoms with Gasteiger partial charge in [0, 0.05) is 0 Å². The summed E-state index contributed by atoms with van der Waals surface area (Å²) in [4.78, 5) is 0. The van der Waals surface area contributed by atoms with Crippen molar-refractivity contribution in [3.63, 3.8) is 0 Å². The van der Waals surface area contributed by atoms with Gasteiger partial charge in [-0.2, -0.15) is 0 Å². The molecule has 2 heteroatoms. The van der Waals surface area contributed by atoms with E-state index in [1.165, 1.54) is 6.08 Å². The smallest absolute Gasteiger partial charge is 0.0977 e. The fourth-order valence-electron chi connectivity index (χ4n) is 0.399. The minimum absolute atomic E-state index is 0.563. The average molecular weight is 116 g/mol. The van der Waals surface area contributed by atoms with E-state index in [1.54, 1.807) is 6.92 Å². The highest BCUT2D eigenvalue weighted by Gasteiger charge is 2.07. The second kappa shape index (κ2) is 3.64. The van der Waals surface area contributed by atoms with E-state index in [4.69, 9.17) is 10.2 Å². The van der Waals surface area contributed by atoms with Crippen LogP contribution in [0.15, 0.2) is 12.7 Å². The second-order valence-electron chi connectivity index (χ2n) is 1.70. The van der Waals surface area contributed by atoms with Crippen LogP contribution in [0.5, 0.6) is 0 Å². The van der Waals surface area contributed by atoms with Gasteiger partial charge in [-0.25, -0.2) is 0 Å². The Labute approximate surface area is 49.5 Å². The van der Waals surface area contributed by atoms with Crippen molar-refractivity contribution in [3.05, 3.63) is 12.7 Å². The number of rotatable bonds is 3. The molecule has 0 aliphatic heterocycles. The van der Waals surface area contributed by atoms with Gasteiger partial charge >= 0.3 is 0 Å². The van der Waals surface area contributed by atoms with Gasteiger partial charge in [0.1, 0.15) is 0 Å². The first kappa shape index (κ1) is 7.66. The van der Waals surface area contributed by atoms with Gasteiger partial charge in [-0.05, 0) is 6.42 Å². The Morgan fingerprint density at radius 3 is 2.25 bits per heavy atom. The lowest BCUT2D eigenvalue weighted by atomic mass is 10.1. The number of hydrogen-bond acceptors (Lipinski definition) is 2. The van der Waals surface area contributed by atoms with Gasteiger partial charge in [-0.1, -0.05) is 13.0 Å². The molecule has 0 spiro atoms. The molecule has 2 nitrogen and oxygen atoms in total. The largest absolute Gasteiger partial charge is 0.390 e. The van der Waals surface area contributed by atoms with Gasteiger partial charge in [0.15, 0.2) is 0 Å². The molecule has 0 aliphatic rings. The molecule has 8 heavy (non-hydrogen) atoms. The fraction of sp³-hybridized carbons (Fsp3) is 0.667. The summed E-state index contributed by atoms with van der Waals surface area (Å²) < 4.78 is 0. The summed E-state index contributed by atoms with van der Waals surface area (Å²) in [7, 11) is 0. The number of aliphatic hydroxyl groups is 2. The molecule has 0 unspecified atom stereocenters. The molecule has 0 radical (unpaired) electrons. The Kier molecular flexibility index (Phi) is 3.48. The van der Waals surface area contributed by atoms with Crippen LogP contribution in [0, 0.1) is 0 Å². The van der Waals surface area contributed by atoms with Crippen molar-refractivity contribution in [3.8, 4) is 0 Å². The molecule has 0 aromatic heterocycles. The van der Waals surface area contributed by atoms with Gasteiger partial charge in [0.25, 0.3) is 0 Å². The molecule has 0 aromatic carbocycles. The Bertz CT molecular complexity index is 70.9. The van der Waals surface area contributed by atoms with Crippen molar-refractivity contribution in [1.82, 2.24) is 0 Å². The van der Waals surface area contributed by atoms with E-state index >= 15 is 0 Å². The van der Waals surface area contributed by atoms with Gasteiger partial charge in [0.2, 0.25) is 0 Å². The maximum atomic E-state index is 8.81. The summed E-state index contributed by atoms with van der Waals surface area (Å²) >= 11 is 0. The highest BCUT2D eigenvalue weighted by molar-refractivity contribution is 4.83. The lowest BCUT2D eigenvalue weighted by Gasteiger charge is -2.09. The highest BCUT2D eigenvalue weighted by atomic mass is 16.3. The van der Waals surface area contributed by atoms with Crippen molar-refractivity contribution in [2.45, 2.75) is 25.6 Å². The van der Waals surface area contributed by atoms with Gasteiger partial charge in [0.05, 0.1) is 12.2 Å². The molecular formula is C6H12O2. The van der Waals surface area contributed by atoms with E-state index in [1.807, 2.05) is 0 Å². The lowest BCUT2D eigenvalue weighted by molar-refractivity contribution is 0.0468. The quantitative estimate of drug-likeness (QED) is 0.521. The first-order valence-electron chi connectivity index (χ1n) is 2.71. The maximum Gasteiger partial charge on any atom is 0.0977 e. The van der Waals surface area contributed by atoms with E-state index in [0.29, 0.717) is 6.42 Å². The Balaban J connectivity index is 3.44.